The predicted octanol–water partition coefficient (Wildman–Crippen LogP) is 0.850. The van der Waals surface area contributed by atoms with Crippen LogP contribution in [-0.4, -0.2) is 30.9 Å². The van der Waals surface area contributed by atoms with E-state index < -0.39 is 17.2 Å². The monoisotopic (exact) mass is 229 g/mol. The number of aliphatic hydroxyl groups is 1. The van der Waals surface area contributed by atoms with Gasteiger partial charge in [-0.1, -0.05) is 6.07 Å². The molecule has 0 aromatic heterocycles. The number of ether oxygens (including phenoxy) is 1. The van der Waals surface area contributed by atoms with Gasteiger partial charge < -0.3 is 15.2 Å². The van der Waals surface area contributed by atoms with Crippen molar-refractivity contribution in [3.63, 3.8) is 0 Å². The molecule has 88 valence electrons. The average molecular weight is 229 g/mol. The predicted molar refractivity (Wildman–Crippen MR) is 54.4 cm³/mol. The highest BCUT2D eigenvalue weighted by Gasteiger charge is 2.35. The topological polar surface area (TPSA) is 41.5 Å². The number of rotatable bonds is 3. The molecular weight excluding hydrogens is 216 g/mol. The third kappa shape index (κ3) is 1.88. The van der Waals surface area contributed by atoms with Crippen LogP contribution in [0.15, 0.2) is 12.1 Å². The zero-order valence-corrected chi connectivity index (χ0v) is 8.89. The molecule has 0 amide bonds. The molecular formula is C11H13F2NO2. The maximum Gasteiger partial charge on any atom is 0.200 e. The van der Waals surface area contributed by atoms with Gasteiger partial charge in [0, 0.05) is 25.1 Å². The van der Waals surface area contributed by atoms with Gasteiger partial charge >= 0.3 is 0 Å². The highest BCUT2D eigenvalue weighted by atomic mass is 19.2. The van der Waals surface area contributed by atoms with Crippen molar-refractivity contribution >= 4 is 0 Å². The van der Waals surface area contributed by atoms with Crippen LogP contribution in [-0.2, 0) is 6.42 Å². The summed E-state index contributed by atoms with van der Waals surface area (Å²) in [6, 6.07) is 2.48. The molecule has 1 aromatic carbocycles. The molecule has 1 aliphatic rings. The lowest BCUT2D eigenvalue weighted by Crippen LogP contribution is -2.60. The molecule has 0 saturated carbocycles. The van der Waals surface area contributed by atoms with Gasteiger partial charge in [0.05, 0.1) is 12.7 Å². The molecule has 1 aliphatic heterocycles. The first kappa shape index (κ1) is 11.3. The van der Waals surface area contributed by atoms with Crippen LogP contribution in [0, 0.1) is 11.6 Å². The van der Waals surface area contributed by atoms with Crippen molar-refractivity contribution < 1.29 is 18.6 Å². The number of hydrogen-bond acceptors (Lipinski definition) is 3. The smallest absolute Gasteiger partial charge is 0.200 e. The normalized spacial score (nSPS) is 18.0. The summed E-state index contributed by atoms with van der Waals surface area (Å²) in [5.74, 6) is -2.07. The molecule has 1 aromatic rings. The van der Waals surface area contributed by atoms with Gasteiger partial charge in [0.25, 0.3) is 0 Å². The quantitative estimate of drug-likeness (QED) is 0.807. The van der Waals surface area contributed by atoms with Gasteiger partial charge in [-0.3, -0.25) is 0 Å². The van der Waals surface area contributed by atoms with E-state index >= 15 is 0 Å². The van der Waals surface area contributed by atoms with Crippen molar-refractivity contribution in [2.45, 2.75) is 12.0 Å². The fraction of sp³-hybridized carbons (Fsp3) is 0.455. The van der Waals surface area contributed by atoms with Gasteiger partial charge in [0.1, 0.15) is 0 Å². The molecule has 1 saturated heterocycles. The van der Waals surface area contributed by atoms with Crippen LogP contribution < -0.4 is 10.1 Å². The molecule has 1 fully saturated rings. The summed E-state index contributed by atoms with van der Waals surface area (Å²) in [5.41, 5.74) is -0.400. The number of halogens is 2. The number of hydrogen-bond donors (Lipinski definition) is 2. The molecule has 0 aliphatic carbocycles. The minimum atomic E-state index is -1.00. The van der Waals surface area contributed by atoms with E-state index in [0.29, 0.717) is 18.7 Å². The van der Waals surface area contributed by atoms with Crippen LogP contribution in [0.3, 0.4) is 0 Å². The summed E-state index contributed by atoms with van der Waals surface area (Å²) in [4.78, 5) is 0. The fourth-order valence-corrected chi connectivity index (χ4v) is 1.83. The molecule has 16 heavy (non-hydrogen) atoms. The van der Waals surface area contributed by atoms with Gasteiger partial charge in [-0.25, -0.2) is 4.39 Å². The van der Waals surface area contributed by atoms with E-state index in [2.05, 4.69) is 5.32 Å². The van der Waals surface area contributed by atoms with Gasteiger partial charge in [-0.15, -0.1) is 0 Å². The summed E-state index contributed by atoms with van der Waals surface area (Å²) in [5, 5.41) is 12.8. The van der Waals surface area contributed by atoms with Crippen molar-refractivity contribution in [2.75, 3.05) is 20.2 Å². The van der Waals surface area contributed by atoms with E-state index in [1.54, 1.807) is 0 Å². The number of nitrogens with one attached hydrogen (secondary N) is 1. The minimum absolute atomic E-state index is 0.125. The Balaban J connectivity index is 2.30. The number of benzene rings is 1. The highest BCUT2D eigenvalue weighted by molar-refractivity contribution is 5.37. The summed E-state index contributed by atoms with van der Waals surface area (Å²) < 4.78 is 31.1. The lowest BCUT2D eigenvalue weighted by molar-refractivity contribution is -0.00953. The van der Waals surface area contributed by atoms with Crippen LogP contribution >= 0.6 is 0 Å². The Hall–Kier alpha value is -1.20. The van der Waals surface area contributed by atoms with E-state index in [-0.39, 0.29) is 12.2 Å². The maximum atomic E-state index is 13.4. The number of β-amino-alcohol motifs (C(OH)–C–C–N with tert-alkyl or cyclic N) is 1. The van der Waals surface area contributed by atoms with E-state index in [4.69, 9.17) is 4.74 Å². The van der Waals surface area contributed by atoms with Crippen LogP contribution in [0.4, 0.5) is 8.78 Å². The van der Waals surface area contributed by atoms with E-state index in [1.807, 2.05) is 0 Å². The molecule has 3 nitrogen and oxygen atoms in total. The third-order valence-electron chi connectivity index (χ3n) is 2.76. The Kier molecular flexibility index (Phi) is 2.82. The summed E-state index contributed by atoms with van der Waals surface area (Å²) in [6.45, 7) is 0.907. The van der Waals surface area contributed by atoms with Crippen molar-refractivity contribution in [1.29, 1.82) is 0 Å². The molecule has 0 spiro atoms. The van der Waals surface area contributed by atoms with Crippen LogP contribution in [0.25, 0.3) is 0 Å². The molecule has 1 heterocycles. The first-order valence-electron chi connectivity index (χ1n) is 5.00. The van der Waals surface area contributed by atoms with Gasteiger partial charge in [0.2, 0.25) is 5.82 Å². The average Bonchev–Trinajstić information content (AvgIpc) is 2.22. The Labute approximate surface area is 92.0 Å². The largest absolute Gasteiger partial charge is 0.493 e. The third-order valence-corrected chi connectivity index (χ3v) is 2.76. The van der Waals surface area contributed by atoms with E-state index in [1.165, 1.54) is 13.2 Å². The van der Waals surface area contributed by atoms with Crippen LogP contribution in [0.1, 0.15) is 5.56 Å². The second kappa shape index (κ2) is 3.99. The zero-order chi connectivity index (χ0) is 11.8. The zero-order valence-electron chi connectivity index (χ0n) is 8.89. The Bertz CT molecular complexity index is 405. The van der Waals surface area contributed by atoms with Crippen molar-refractivity contribution in [1.82, 2.24) is 5.32 Å². The molecule has 5 heteroatoms. The SMILES string of the molecule is COc1c(CC2(O)CNC2)ccc(F)c1F. The van der Waals surface area contributed by atoms with Crippen molar-refractivity contribution in [3.05, 3.63) is 29.3 Å². The summed E-state index contributed by atoms with van der Waals surface area (Å²) >= 11 is 0. The second-order valence-corrected chi connectivity index (χ2v) is 4.06. The molecule has 0 bridgehead atoms. The first-order valence-corrected chi connectivity index (χ1v) is 5.00. The molecule has 2 N–H and O–H groups in total. The van der Waals surface area contributed by atoms with Gasteiger partial charge in [0.15, 0.2) is 11.6 Å². The van der Waals surface area contributed by atoms with Crippen molar-refractivity contribution in [3.8, 4) is 5.75 Å². The molecule has 0 radical (unpaired) electrons. The Morgan fingerprint density at radius 3 is 2.62 bits per heavy atom. The van der Waals surface area contributed by atoms with Crippen LogP contribution in [0.5, 0.6) is 5.75 Å². The lowest BCUT2D eigenvalue weighted by Gasteiger charge is -2.38. The Morgan fingerprint density at radius 1 is 1.44 bits per heavy atom. The Morgan fingerprint density at radius 2 is 2.12 bits per heavy atom. The second-order valence-electron chi connectivity index (χ2n) is 4.06. The number of methoxy groups -OCH3 is 1. The molecule has 0 atom stereocenters. The minimum Gasteiger partial charge on any atom is -0.493 e. The molecule has 2 rings (SSSR count). The van der Waals surface area contributed by atoms with Crippen LogP contribution in [0.2, 0.25) is 0 Å². The first-order chi connectivity index (χ1) is 7.56. The molecule has 0 unspecified atom stereocenters. The van der Waals surface area contributed by atoms with E-state index in [9.17, 15) is 13.9 Å². The summed E-state index contributed by atoms with van der Waals surface area (Å²) in [6.07, 6.45) is 0.250. The van der Waals surface area contributed by atoms with Crippen molar-refractivity contribution in [2.24, 2.45) is 0 Å². The standard InChI is InChI=1S/C11H13F2NO2/c1-16-10-7(2-3-8(12)9(10)13)4-11(15)5-14-6-11/h2-3,14-15H,4-6H2,1H3. The maximum absolute atomic E-state index is 13.4. The lowest BCUT2D eigenvalue weighted by atomic mass is 9.89. The fourth-order valence-electron chi connectivity index (χ4n) is 1.83. The van der Waals surface area contributed by atoms with E-state index in [0.717, 1.165) is 6.07 Å². The highest BCUT2D eigenvalue weighted by Crippen LogP contribution is 2.29. The van der Waals surface area contributed by atoms with Gasteiger partial charge in [-0.2, -0.15) is 4.39 Å². The summed E-state index contributed by atoms with van der Waals surface area (Å²) in [7, 11) is 1.28. The van der Waals surface area contributed by atoms with Gasteiger partial charge in [-0.05, 0) is 6.07 Å².